The predicted molar refractivity (Wildman–Crippen MR) is 72.9 cm³/mol. The molecule has 18 heavy (non-hydrogen) atoms. The molecule has 5 heteroatoms. The van der Waals surface area contributed by atoms with Gasteiger partial charge in [-0.2, -0.15) is 0 Å². The molecule has 4 nitrogen and oxygen atoms in total. The van der Waals surface area contributed by atoms with Crippen LogP contribution in [0.2, 0.25) is 5.28 Å². The first-order valence-electron chi connectivity index (χ1n) is 6.89. The molecule has 0 atom stereocenters. The van der Waals surface area contributed by atoms with Crippen LogP contribution in [0.4, 0.5) is 0 Å². The fraction of sp³-hybridized carbons (Fsp3) is 0.769. The van der Waals surface area contributed by atoms with Gasteiger partial charge in [0.25, 0.3) is 0 Å². The van der Waals surface area contributed by atoms with E-state index in [-0.39, 0.29) is 0 Å². The monoisotopic (exact) mass is 268 g/mol. The number of hydrogen-bond donors (Lipinski definition) is 0. The van der Waals surface area contributed by atoms with E-state index in [1.807, 2.05) is 0 Å². The minimum Gasteiger partial charge on any atom is -0.319 e. The first kappa shape index (κ1) is 12.5. The summed E-state index contributed by atoms with van der Waals surface area (Å²) < 4.78 is 2.20. The second-order valence-corrected chi connectivity index (χ2v) is 5.80. The van der Waals surface area contributed by atoms with Crippen molar-refractivity contribution in [1.82, 2.24) is 19.4 Å². The first-order chi connectivity index (χ1) is 8.74. The average Bonchev–Trinajstić information content (AvgIpc) is 2.70. The number of rotatable bonds is 2. The molecule has 2 aliphatic heterocycles. The molecule has 0 aromatic carbocycles. The molecular weight excluding hydrogens is 248 g/mol. The topological polar surface area (TPSA) is 24.3 Å². The second-order valence-electron chi connectivity index (χ2n) is 5.46. The molecule has 0 radical (unpaired) electrons. The van der Waals surface area contributed by atoms with Crippen LogP contribution in [0.1, 0.15) is 24.2 Å². The van der Waals surface area contributed by atoms with Gasteiger partial charge in [0.05, 0.1) is 5.69 Å². The van der Waals surface area contributed by atoms with Crippen molar-refractivity contribution in [3.05, 3.63) is 16.7 Å². The van der Waals surface area contributed by atoms with E-state index >= 15 is 0 Å². The van der Waals surface area contributed by atoms with Crippen LogP contribution in [0.15, 0.2) is 0 Å². The van der Waals surface area contributed by atoms with E-state index < -0.39 is 0 Å². The third kappa shape index (κ3) is 2.42. The number of halogens is 1. The Morgan fingerprint density at radius 2 is 1.89 bits per heavy atom. The summed E-state index contributed by atoms with van der Waals surface area (Å²) in [5.74, 6) is 0. The lowest BCUT2D eigenvalue weighted by atomic mass is 10.1. The summed E-state index contributed by atoms with van der Waals surface area (Å²) in [6.45, 7) is 6.61. The number of likely N-dealkylation sites (N-methyl/N-ethyl adjacent to an activating group) is 1. The SMILES string of the molecule is CN1CCN(Cc2nc(Cl)n3c2CCCC3)CC1. The van der Waals surface area contributed by atoms with Crippen molar-refractivity contribution in [1.29, 1.82) is 0 Å². The van der Waals surface area contributed by atoms with Crippen molar-refractivity contribution >= 4 is 11.6 Å². The van der Waals surface area contributed by atoms with Gasteiger partial charge in [0, 0.05) is 45.0 Å². The fourth-order valence-corrected chi connectivity index (χ4v) is 3.21. The van der Waals surface area contributed by atoms with Gasteiger partial charge in [0.2, 0.25) is 5.28 Å². The van der Waals surface area contributed by atoms with Crippen LogP contribution >= 0.6 is 11.6 Å². The Kier molecular flexibility index (Phi) is 3.59. The van der Waals surface area contributed by atoms with Crippen LogP contribution in [0.5, 0.6) is 0 Å². The normalized spacial score (nSPS) is 22.1. The zero-order chi connectivity index (χ0) is 12.5. The van der Waals surface area contributed by atoms with Crippen molar-refractivity contribution in [2.75, 3.05) is 33.2 Å². The van der Waals surface area contributed by atoms with Crippen LogP contribution in [0.3, 0.4) is 0 Å². The Morgan fingerprint density at radius 3 is 2.67 bits per heavy atom. The van der Waals surface area contributed by atoms with E-state index in [2.05, 4.69) is 26.4 Å². The maximum absolute atomic E-state index is 6.23. The molecule has 3 heterocycles. The lowest BCUT2D eigenvalue weighted by molar-refractivity contribution is 0.146. The van der Waals surface area contributed by atoms with E-state index in [0.717, 1.165) is 45.7 Å². The van der Waals surface area contributed by atoms with Gasteiger partial charge in [-0.3, -0.25) is 4.90 Å². The highest BCUT2D eigenvalue weighted by molar-refractivity contribution is 6.28. The van der Waals surface area contributed by atoms with Crippen molar-refractivity contribution < 1.29 is 0 Å². The molecule has 0 bridgehead atoms. The van der Waals surface area contributed by atoms with E-state index in [9.17, 15) is 0 Å². The van der Waals surface area contributed by atoms with Crippen LogP contribution in [0, 0.1) is 0 Å². The minimum atomic E-state index is 0.689. The van der Waals surface area contributed by atoms with Gasteiger partial charge in [-0.1, -0.05) is 0 Å². The predicted octanol–water partition coefficient (Wildman–Crippen LogP) is 1.62. The Balaban J connectivity index is 1.73. The Hall–Kier alpha value is -0.580. The van der Waals surface area contributed by atoms with Crippen LogP contribution in [0.25, 0.3) is 0 Å². The summed E-state index contributed by atoms with van der Waals surface area (Å²) in [6, 6.07) is 0. The standard InChI is InChI=1S/C13H21ClN4/c1-16-6-8-17(9-7-16)10-11-12-4-2-3-5-18(12)13(14)15-11/h2-10H2,1H3. The summed E-state index contributed by atoms with van der Waals surface area (Å²) in [7, 11) is 2.19. The Morgan fingerprint density at radius 1 is 1.11 bits per heavy atom. The molecule has 0 aliphatic carbocycles. The van der Waals surface area contributed by atoms with Gasteiger partial charge in [0.1, 0.15) is 0 Å². The van der Waals surface area contributed by atoms with Crippen LogP contribution in [-0.4, -0.2) is 52.6 Å². The zero-order valence-corrected chi connectivity index (χ0v) is 11.8. The molecular formula is C13H21ClN4. The molecule has 0 spiro atoms. The average molecular weight is 269 g/mol. The van der Waals surface area contributed by atoms with E-state index in [4.69, 9.17) is 11.6 Å². The first-order valence-corrected chi connectivity index (χ1v) is 7.26. The molecule has 0 N–H and O–H groups in total. The second kappa shape index (κ2) is 5.19. The molecule has 1 saturated heterocycles. The van der Waals surface area contributed by atoms with Crippen LogP contribution < -0.4 is 0 Å². The largest absolute Gasteiger partial charge is 0.319 e. The van der Waals surface area contributed by atoms with Gasteiger partial charge in [-0.15, -0.1) is 0 Å². The molecule has 1 aromatic heterocycles. The highest BCUT2D eigenvalue weighted by Gasteiger charge is 2.22. The number of fused-ring (bicyclic) bond motifs is 1. The zero-order valence-electron chi connectivity index (χ0n) is 11.0. The molecule has 0 amide bonds. The third-order valence-electron chi connectivity index (χ3n) is 4.12. The molecule has 0 unspecified atom stereocenters. The number of aromatic nitrogens is 2. The Labute approximate surface area is 114 Å². The number of piperazine rings is 1. The van der Waals surface area contributed by atoms with Gasteiger partial charge in [0.15, 0.2) is 0 Å². The highest BCUT2D eigenvalue weighted by atomic mass is 35.5. The van der Waals surface area contributed by atoms with E-state index in [0.29, 0.717) is 5.28 Å². The van der Waals surface area contributed by atoms with E-state index in [1.165, 1.54) is 24.2 Å². The van der Waals surface area contributed by atoms with E-state index in [1.54, 1.807) is 0 Å². The molecule has 100 valence electrons. The number of imidazole rings is 1. The van der Waals surface area contributed by atoms with Crippen molar-refractivity contribution in [3.8, 4) is 0 Å². The molecule has 3 rings (SSSR count). The molecule has 1 aromatic rings. The lowest BCUT2D eigenvalue weighted by Gasteiger charge is -2.32. The summed E-state index contributed by atoms with van der Waals surface area (Å²) in [6.07, 6.45) is 3.65. The minimum absolute atomic E-state index is 0.689. The summed E-state index contributed by atoms with van der Waals surface area (Å²) in [5, 5.41) is 0.689. The molecule has 2 aliphatic rings. The van der Waals surface area contributed by atoms with Crippen molar-refractivity contribution in [3.63, 3.8) is 0 Å². The summed E-state index contributed by atoms with van der Waals surface area (Å²) in [4.78, 5) is 9.45. The highest BCUT2D eigenvalue weighted by Crippen LogP contribution is 2.24. The Bertz CT molecular complexity index is 421. The van der Waals surface area contributed by atoms with Gasteiger partial charge >= 0.3 is 0 Å². The third-order valence-corrected chi connectivity index (χ3v) is 4.41. The van der Waals surface area contributed by atoms with Crippen molar-refractivity contribution in [2.45, 2.75) is 32.4 Å². The molecule has 1 fully saturated rings. The van der Waals surface area contributed by atoms with Gasteiger partial charge in [-0.25, -0.2) is 4.98 Å². The fourth-order valence-electron chi connectivity index (χ4n) is 2.92. The maximum Gasteiger partial charge on any atom is 0.203 e. The summed E-state index contributed by atoms with van der Waals surface area (Å²) in [5.41, 5.74) is 2.59. The lowest BCUT2D eigenvalue weighted by Crippen LogP contribution is -2.44. The van der Waals surface area contributed by atoms with Gasteiger partial charge in [-0.05, 0) is 37.9 Å². The smallest absolute Gasteiger partial charge is 0.203 e. The maximum atomic E-state index is 6.23. The molecule has 0 saturated carbocycles. The van der Waals surface area contributed by atoms with Gasteiger partial charge < -0.3 is 9.47 Å². The quantitative estimate of drug-likeness (QED) is 0.815. The van der Waals surface area contributed by atoms with Crippen LogP contribution in [-0.2, 0) is 19.5 Å². The number of hydrogen-bond acceptors (Lipinski definition) is 3. The van der Waals surface area contributed by atoms with Crippen molar-refractivity contribution in [2.24, 2.45) is 0 Å². The summed E-state index contributed by atoms with van der Waals surface area (Å²) >= 11 is 6.23. The number of nitrogens with zero attached hydrogens (tertiary/aromatic N) is 4.